The van der Waals surface area contributed by atoms with Gasteiger partial charge in [-0.2, -0.15) is 9.78 Å². The monoisotopic (exact) mass is 526 g/mol. The maximum atomic E-state index is 13.6. The van der Waals surface area contributed by atoms with Crippen LogP contribution in [0.5, 0.6) is 5.75 Å². The lowest BCUT2D eigenvalue weighted by molar-refractivity contribution is -0.149. The number of esters is 1. The van der Waals surface area contributed by atoms with Crippen LogP contribution >= 0.6 is 11.6 Å². The molecule has 0 saturated carbocycles. The summed E-state index contributed by atoms with van der Waals surface area (Å²) in [7, 11) is 1.49. The number of rotatable bonds is 7. The van der Waals surface area contributed by atoms with E-state index in [1.165, 1.54) is 12.0 Å². The molecule has 1 aromatic heterocycles. The van der Waals surface area contributed by atoms with Crippen molar-refractivity contribution >= 4 is 23.5 Å². The van der Waals surface area contributed by atoms with E-state index in [2.05, 4.69) is 5.10 Å². The van der Waals surface area contributed by atoms with Crippen molar-refractivity contribution < 1.29 is 19.1 Å². The van der Waals surface area contributed by atoms with E-state index in [0.717, 1.165) is 9.25 Å². The summed E-state index contributed by atoms with van der Waals surface area (Å²) >= 11 is 6.30. The molecule has 0 spiro atoms. The van der Waals surface area contributed by atoms with Crippen molar-refractivity contribution in [3.05, 3.63) is 85.6 Å². The molecule has 1 aliphatic heterocycles. The number of nitrogens with zero attached hydrogens (tertiary/aromatic N) is 4. The minimum absolute atomic E-state index is 0.0988. The van der Waals surface area contributed by atoms with Gasteiger partial charge in [0.05, 0.1) is 31.9 Å². The van der Waals surface area contributed by atoms with Gasteiger partial charge in [-0.25, -0.2) is 4.79 Å². The molecule has 1 aliphatic rings. The number of carbonyl (C=O) groups excluding carboxylic acids is 2. The average molecular weight is 527 g/mol. The Labute approximate surface area is 218 Å². The molecular formula is C26H27ClN4O6. The average Bonchev–Trinajstić information content (AvgIpc) is 2.92. The molecule has 0 aliphatic carbocycles. The first-order valence-electron chi connectivity index (χ1n) is 11.9. The Balaban J connectivity index is 1.81. The molecule has 1 saturated heterocycles. The van der Waals surface area contributed by atoms with Crippen molar-refractivity contribution in [2.75, 3.05) is 26.8 Å². The SMILES string of the molecule is CCOC(=O)C1CCCN(C(=O)c2nn(-c3cccc(OC)c3)c(=O)n(Cc3ccccc3Cl)c2=O)C1. The van der Waals surface area contributed by atoms with Gasteiger partial charge in [0, 0.05) is 24.2 Å². The van der Waals surface area contributed by atoms with Gasteiger partial charge in [-0.3, -0.25) is 19.0 Å². The topological polar surface area (TPSA) is 113 Å². The van der Waals surface area contributed by atoms with E-state index in [1.807, 2.05) is 0 Å². The quantitative estimate of drug-likeness (QED) is 0.435. The summed E-state index contributed by atoms with van der Waals surface area (Å²) in [6, 6.07) is 13.4. The smallest absolute Gasteiger partial charge is 0.352 e. The van der Waals surface area contributed by atoms with Crippen molar-refractivity contribution in [1.82, 2.24) is 19.2 Å². The molecule has 0 bridgehead atoms. The van der Waals surface area contributed by atoms with Crippen LogP contribution in [0.4, 0.5) is 0 Å². The molecule has 3 aromatic rings. The number of hydrogen-bond acceptors (Lipinski definition) is 7. The molecule has 1 unspecified atom stereocenters. The van der Waals surface area contributed by atoms with Crippen LogP contribution in [0.15, 0.2) is 58.1 Å². The highest BCUT2D eigenvalue weighted by Gasteiger charge is 2.32. The Morgan fingerprint density at radius 1 is 1.14 bits per heavy atom. The molecule has 2 aromatic carbocycles. The van der Waals surface area contributed by atoms with Crippen LogP contribution in [0.25, 0.3) is 5.69 Å². The maximum Gasteiger partial charge on any atom is 0.352 e. The van der Waals surface area contributed by atoms with Crippen molar-refractivity contribution in [2.45, 2.75) is 26.3 Å². The fourth-order valence-electron chi connectivity index (χ4n) is 4.26. The third-order valence-corrected chi connectivity index (χ3v) is 6.54. The number of aromatic nitrogens is 3. The lowest BCUT2D eigenvalue weighted by atomic mass is 9.98. The first-order valence-corrected chi connectivity index (χ1v) is 12.3. The van der Waals surface area contributed by atoms with E-state index in [9.17, 15) is 19.2 Å². The van der Waals surface area contributed by atoms with Gasteiger partial charge in [-0.1, -0.05) is 35.9 Å². The number of piperidine rings is 1. The van der Waals surface area contributed by atoms with Crippen LogP contribution in [-0.2, 0) is 16.1 Å². The van der Waals surface area contributed by atoms with Gasteiger partial charge in [0.25, 0.3) is 11.5 Å². The summed E-state index contributed by atoms with van der Waals surface area (Å²) in [5.41, 5.74) is -1.16. The molecule has 11 heteroatoms. The number of likely N-dealkylation sites (tertiary alicyclic amines) is 1. The third-order valence-electron chi connectivity index (χ3n) is 6.18. The maximum absolute atomic E-state index is 13.6. The van der Waals surface area contributed by atoms with E-state index < -0.39 is 28.8 Å². The molecule has 4 rings (SSSR count). The number of amides is 1. The van der Waals surface area contributed by atoms with E-state index in [0.29, 0.717) is 41.4 Å². The van der Waals surface area contributed by atoms with Crippen LogP contribution in [0.2, 0.25) is 5.02 Å². The van der Waals surface area contributed by atoms with Gasteiger partial charge in [0.15, 0.2) is 0 Å². The number of carbonyl (C=O) groups is 2. The van der Waals surface area contributed by atoms with Crippen molar-refractivity contribution in [1.29, 1.82) is 0 Å². The highest BCUT2D eigenvalue weighted by atomic mass is 35.5. The van der Waals surface area contributed by atoms with Crippen molar-refractivity contribution in [3.63, 3.8) is 0 Å². The highest BCUT2D eigenvalue weighted by molar-refractivity contribution is 6.31. The Bertz CT molecular complexity index is 1430. The fourth-order valence-corrected chi connectivity index (χ4v) is 4.46. The molecule has 37 heavy (non-hydrogen) atoms. The standard InChI is InChI=1S/C26H27ClN4O6/c1-3-37-25(34)18-9-7-13-29(15-18)23(32)22-24(33)30(16-17-8-4-5-12-21(17)27)26(35)31(28-22)19-10-6-11-20(14-19)36-2/h4-6,8,10-12,14,18H,3,7,9,13,15-16H2,1-2H3. The first kappa shape index (κ1) is 26.2. The van der Waals surface area contributed by atoms with Crippen molar-refractivity contribution in [2.24, 2.45) is 5.92 Å². The molecule has 1 fully saturated rings. The highest BCUT2D eigenvalue weighted by Crippen LogP contribution is 2.20. The lowest BCUT2D eigenvalue weighted by Crippen LogP contribution is -2.49. The number of hydrogen-bond donors (Lipinski definition) is 0. The molecule has 2 heterocycles. The van der Waals surface area contributed by atoms with Crippen LogP contribution < -0.4 is 16.0 Å². The predicted octanol–water partition coefficient (Wildman–Crippen LogP) is 2.52. The second-order valence-corrected chi connectivity index (χ2v) is 8.98. The number of methoxy groups -OCH3 is 1. The van der Waals surface area contributed by atoms with Crippen molar-refractivity contribution in [3.8, 4) is 11.4 Å². The molecule has 194 valence electrons. The van der Waals surface area contributed by atoms with Crippen LogP contribution in [0.3, 0.4) is 0 Å². The van der Waals surface area contributed by atoms with E-state index in [1.54, 1.807) is 55.5 Å². The normalized spacial score (nSPS) is 15.3. The minimum Gasteiger partial charge on any atom is -0.497 e. The molecule has 1 atom stereocenters. The zero-order valence-electron chi connectivity index (χ0n) is 20.6. The summed E-state index contributed by atoms with van der Waals surface area (Å²) in [5, 5.41) is 4.57. The van der Waals surface area contributed by atoms with E-state index in [4.69, 9.17) is 21.1 Å². The number of ether oxygens (including phenoxy) is 2. The van der Waals surface area contributed by atoms with Crippen LogP contribution in [0, 0.1) is 5.92 Å². The van der Waals surface area contributed by atoms with Gasteiger partial charge in [-0.05, 0) is 43.5 Å². The van der Waals surface area contributed by atoms with Gasteiger partial charge < -0.3 is 14.4 Å². The molecule has 0 radical (unpaired) electrons. The van der Waals surface area contributed by atoms with E-state index in [-0.39, 0.29) is 25.7 Å². The minimum atomic E-state index is -0.840. The Morgan fingerprint density at radius 3 is 2.65 bits per heavy atom. The van der Waals surface area contributed by atoms with Gasteiger partial charge in [0.1, 0.15) is 5.75 Å². The van der Waals surface area contributed by atoms with Crippen LogP contribution in [-0.4, -0.2) is 57.9 Å². The van der Waals surface area contributed by atoms with Crippen LogP contribution in [0.1, 0.15) is 35.8 Å². The molecular weight excluding hydrogens is 500 g/mol. The summed E-state index contributed by atoms with van der Waals surface area (Å²) in [5.74, 6) is -1.07. The number of benzene rings is 2. The lowest BCUT2D eigenvalue weighted by Gasteiger charge is -2.31. The summed E-state index contributed by atoms with van der Waals surface area (Å²) < 4.78 is 12.3. The zero-order chi connectivity index (χ0) is 26.5. The Morgan fingerprint density at radius 2 is 1.92 bits per heavy atom. The van der Waals surface area contributed by atoms with E-state index >= 15 is 0 Å². The van der Waals surface area contributed by atoms with Gasteiger partial charge >= 0.3 is 11.7 Å². The number of halogens is 1. The summed E-state index contributed by atoms with van der Waals surface area (Å²) in [6.45, 7) is 2.25. The zero-order valence-corrected chi connectivity index (χ0v) is 21.3. The first-order chi connectivity index (χ1) is 17.8. The molecule has 10 nitrogen and oxygen atoms in total. The fraction of sp³-hybridized carbons (Fsp3) is 0.346. The Kier molecular flexibility index (Phi) is 8.08. The predicted molar refractivity (Wildman–Crippen MR) is 136 cm³/mol. The summed E-state index contributed by atoms with van der Waals surface area (Å²) in [4.78, 5) is 54.2. The van der Waals surface area contributed by atoms with Gasteiger partial charge in [-0.15, -0.1) is 0 Å². The molecule has 1 amide bonds. The Hall–Kier alpha value is -3.92. The third kappa shape index (κ3) is 5.59. The second-order valence-electron chi connectivity index (χ2n) is 8.57. The second kappa shape index (κ2) is 11.4. The van der Waals surface area contributed by atoms with Gasteiger partial charge in [0.2, 0.25) is 5.69 Å². The summed E-state index contributed by atoms with van der Waals surface area (Å²) in [6.07, 6.45) is 1.15. The largest absolute Gasteiger partial charge is 0.497 e. The molecule has 0 N–H and O–H groups in total.